The summed E-state index contributed by atoms with van der Waals surface area (Å²) in [7, 11) is 0. The van der Waals surface area contributed by atoms with Gasteiger partial charge in [0.2, 0.25) is 5.89 Å². The van der Waals surface area contributed by atoms with E-state index < -0.39 is 5.54 Å². The Balaban J connectivity index is 1.35. The van der Waals surface area contributed by atoms with Gasteiger partial charge in [0.1, 0.15) is 10.7 Å². The molecule has 198 valence electrons. The third kappa shape index (κ3) is 5.10. The van der Waals surface area contributed by atoms with Gasteiger partial charge >= 0.3 is 0 Å². The second-order valence-corrected chi connectivity index (χ2v) is 10.9. The summed E-state index contributed by atoms with van der Waals surface area (Å²) in [4.78, 5) is 25.1. The third-order valence-corrected chi connectivity index (χ3v) is 7.84. The average molecular weight is 541 g/mol. The number of nitrogens with two attached hydrogens (primary N) is 1. The lowest BCUT2D eigenvalue weighted by Crippen LogP contribution is -2.35. The minimum Gasteiger partial charge on any atom is -0.417 e. The van der Waals surface area contributed by atoms with E-state index in [0.717, 1.165) is 29.1 Å². The predicted molar refractivity (Wildman–Crippen MR) is 146 cm³/mol. The molecule has 10 nitrogen and oxygen atoms in total. The lowest BCUT2D eigenvalue weighted by molar-refractivity contribution is 0.0735. The molecule has 1 aliphatic heterocycles. The number of pyridine rings is 1. The zero-order chi connectivity index (χ0) is 27.0. The van der Waals surface area contributed by atoms with E-state index in [1.807, 2.05) is 54.5 Å². The van der Waals surface area contributed by atoms with Crippen LogP contribution in [-0.2, 0) is 12.0 Å². The van der Waals surface area contributed by atoms with Crippen LogP contribution in [0.3, 0.4) is 0 Å². The molecular weight excluding hydrogens is 512 g/mol. The van der Waals surface area contributed by atoms with Crippen LogP contribution >= 0.6 is 11.3 Å². The second kappa shape index (κ2) is 10.2. The molecule has 5 heterocycles. The number of hydrogen-bond acceptors (Lipinski definition) is 9. The van der Waals surface area contributed by atoms with Gasteiger partial charge in [-0.3, -0.25) is 4.79 Å². The Morgan fingerprint density at radius 2 is 2.03 bits per heavy atom. The maximum atomic E-state index is 13.9. The topological polar surface area (TPSA) is 129 Å². The van der Waals surface area contributed by atoms with Crippen LogP contribution in [0.2, 0.25) is 0 Å². The maximum Gasteiger partial charge on any atom is 0.266 e. The molecule has 0 bridgehead atoms. The monoisotopic (exact) mass is 540 g/mol. The minimum atomic E-state index is -0.889. The summed E-state index contributed by atoms with van der Waals surface area (Å²) in [5.74, 6) is 0.849. The molecule has 2 N–H and O–H groups in total. The number of nitrogens with zero attached hydrogens (tertiary/aromatic N) is 7. The molecule has 0 spiro atoms. The maximum absolute atomic E-state index is 13.9. The fourth-order valence-corrected chi connectivity index (χ4v) is 5.82. The second-order valence-electron chi connectivity index (χ2n) is 10.0. The van der Waals surface area contributed by atoms with Gasteiger partial charge in [-0.05, 0) is 56.9 Å². The fraction of sp³-hybridized carbons (Fsp3) is 0.286. The van der Waals surface area contributed by atoms with E-state index in [-0.39, 0.29) is 17.8 Å². The van der Waals surface area contributed by atoms with E-state index in [2.05, 4.69) is 20.3 Å². The highest BCUT2D eigenvalue weighted by Gasteiger charge is 2.34. The van der Waals surface area contributed by atoms with Crippen molar-refractivity contribution in [1.29, 1.82) is 0 Å². The van der Waals surface area contributed by atoms with Crippen molar-refractivity contribution in [1.82, 2.24) is 34.8 Å². The summed E-state index contributed by atoms with van der Waals surface area (Å²) in [5, 5.41) is 15.8. The van der Waals surface area contributed by atoms with Crippen molar-refractivity contribution in [3.63, 3.8) is 0 Å². The van der Waals surface area contributed by atoms with E-state index in [4.69, 9.17) is 15.1 Å². The van der Waals surface area contributed by atoms with Crippen LogP contribution in [0.4, 0.5) is 0 Å². The van der Waals surface area contributed by atoms with Crippen molar-refractivity contribution in [3.05, 3.63) is 94.0 Å². The molecule has 0 saturated carbocycles. The molecular formula is C28H28N8O2S. The Bertz CT molecular complexity index is 1590. The van der Waals surface area contributed by atoms with Crippen LogP contribution in [0.15, 0.2) is 70.7 Å². The Labute approximate surface area is 229 Å². The fourth-order valence-electron chi connectivity index (χ4n) is 4.88. The number of rotatable bonds is 7. The van der Waals surface area contributed by atoms with Crippen molar-refractivity contribution in [2.24, 2.45) is 5.73 Å². The first-order valence-electron chi connectivity index (χ1n) is 12.8. The number of aryl methyl sites for hydroxylation is 1. The smallest absolute Gasteiger partial charge is 0.266 e. The summed E-state index contributed by atoms with van der Waals surface area (Å²) in [6, 6.07) is 15.1. The van der Waals surface area contributed by atoms with Crippen molar-refractivity contribution in [2.45, 2.75) is 44.7 Å². The zero-order valence-electron chi connectivity index (χ0n) is 21.7. The molecule has 1 saturated heterocycles. The number of carbonyl (C=O) groups is 1. The summed E-state index contributed by atoms with van der Waals surface area (Å²) >= 11 is 1.59. The SMILES string of the molecule is Cc1csc([C@H]2CCCN2C(=O)c2cc(-c3nnc([C@](C)(N)Cc4ccccc4)o3)nc(-n3cccn3)c2)n1. The summed E-state index contributed by atoms with van der Waals surface area (Å²) in [6.07, 6.45) is 5.75. The van der Waals surface area contributed by atoms with E-state index in [1.54, 1.807) is 46.6 Å². The van der Waals surface area contributed by atoms with Crippen LogP contribution in [0, 0.1) is 6.92 Å². The highest BCUT2D eigenvalue weighted by Crippen LogP contribution is 2.35. The molecule has 1 fully saturated rings. The van der Waals surface area contributed by atoms with Crippen molar-refractivity contribution < 1.29 is 9.21 Å². The third-order valence-electron chi connectivity index (χ3n) is 6.78. The summed E-state index contributed by atoms with van der Waals surface area (Å²) < 4.78 is 7.66. The lowest BCUT2D eigenvalue weighted by Gasteiger charge is -2.23. The predicted octanol–water partition coefficient (Wildman–Crippen LogP) is 4.48. The molecule has 1 amide bonds. The molecule has 1 aliphatic rings. The Morgan fingerprint density at radius 3 is 2.77 bits per heavy atom. The molecule has 0 unspecified atom stereocenters. The Hall–Kier alpha value is -4.22. The number of thiazole rings is 1. The van der Waals surface area contributed by atoms with Gasteiger partial charge in [0.05, 0.1) is 11.6 Å². The molecule has 0 aliphatic carbocycles. The molecule has 0 radical (unpaired) electrons. The van der Waals surface area contributed by atoms with Gasteiger partial charge in [-0.1, -0.05) is 30.3 Å². The highest BCUT2D eigenvalue weighted by molar-refractivity contribution is 7.09. The van der Waals surface area contributed by atoms with Gasteiger partial charge in [0.25, 0.3) is 11.8 Å². The summed E-state index contributed by atoms with van der Waals surface area (Å²) in [6.45, 7) is 4.48. The quantitative estimate of drug-likeness (QED) is 0.320. The van der Waals surface area contributed by atoms with Gasteiger partial charge in [-0.15, -0.1) is 21.5 Å². The highest BCUT2D eigenvalue weighted by atomic mass is 32.1. The van der Waals surface area contributed by atoms with Crippen molar-refractivity contribution in [3.8, 4) is 17.4 Å². The standard InChI is InChI=1S/C28H28N8O2S/c1-18-17-39-25(31-18)22-10-6-12-35(22)26(37)20-14-21(32-23(15-20)36-13-7-11-30-36)24-33-34-27(38-24)28(2,29)16-19-8-4-3-5-9-19/h3-5,7-9,11,13-15,17,22H,6,10,12,16,29H2,1-2H3/t22-,28-/m1/s1. The normalized spacial score (nSPS) is 16.9. The van der Waals surface area contributed by atoms with Gasteiger partial charge in [-0.25, -0.2) is 14.6 Å². The van der Waals surface area contributed by atoms with E-state index in [0.29, 0.717) is 35.9 Å². The number of carbonyl (C=O) groups excluding carboxylic acids is 1. The number of aromatic nitrogens is 6. The first-order chi connectivity index (χ1) is 18.9. The van der Waals surface area contributed by atoms with Crippen LogP contribution in [0.1, 0.15) is 58.3 Å². The zero-order valence-corrected chi connectivity index (χ0v) is 22.5. The van der Waals surface area contributed by atoms with Gasteiger partial charge in [-0.2, -0.15) is 5.10 Å². The molecule has 2 atom stereocenters. The van der Waals surface area contributed by atoms with Crippen molar-refractivity contribution >= 4 is 17.2 Å². The minimum absolute atomic E-state index is 0.0492. The Morgan fingerprint density at radius 1 is 1.18 bits per heavy atom. The molecule has 11 heteroatoms. The molecule has 5 aromatic rings. The molecule has 39 heavy (non-hydrogen) atoms. The lowest BCUT2D eigenvalue weighted by atomic mass is 9.94. The molecule has 4 aromatic heterocycles. The largest absolute Gasteiger partial charge is 0.417 e. The van der Waals surface area contributed by atoms with Crippen LogP contribution in [0.5, 0.6) is 0 Å². The van der Waals surface area contributed by atoms with Crippen LogP contribution in [-0.4, -0.2) is 47.3 Å². The number of amides is 1. The van der Waals surface area contributed by atoms with Gasteiger partial charge in [0, 0.05) is 35.6 Å². The number of benzene rings is 1. The van der Waals surface area contributed by atoms with Crippen LogP contribution in [0.25, 0.3) is 17.4 Å². The average Bonchev–Trinajstić information content (AvgIpc) is 3.74. The number of hydrogen-bond donors (Lipinski definition) is 1. The van der Waals surface area contributed by atoms with E-state index in [1.165, 1.54) is 0 Å². The van der Waals surface area contributed by atoms with Crippen LogP contribution < -0.4 is 5.73 Å². The van der Waals surface area contributed by atoms with Gasteiger partial charge in [0.15, 0.2) is 5.82 Å². The molecule has 1 aromatic carbocycles. The summed E-state index contributed by atoms with van der Waals surface area (Å²) in [5.41, 5.74) is 8.58. The first kappa shape index (κ1) is 25.1. The number of likely N-dealkylation sites (tertiary alicyclic amines) is 1. The van der Waals surface area contributed by atoms with E-state index in [9.17, 15) is 4.79 Å². The first-order valence-corrected chi connectivity index (χ1v) is 13.7. The van der Waals surface area contributed by atoms with E-state index >= 15 is 0 Å². The molecule has 6 rings (SSSR count). The van der Waals surface area contributed by atoms with Crippen molar-refractivity contribution in [2.75, 3.05) is 6.54 Å². The Kier molecular flexibility index (Phi) is 6.53. The van der Waals surface area contributed by atoms with Gasteiger partial charge < -0.3 is 15.1 Å².